The summed E-state index contributed by atoms with van der Waals surface area (Å²) >= 11 is 0. The Labute approximate surface area is 264 Å². The van der Waals surface area contributed by atoms with Crippen LogP contribution in [0, 0.1) is 0 Å². The Morgan fingerprint density at radius 1 is 0.413 bits per heavy atom. The minimum Gasteiger partial charge on any atom is -0.316 e. The van der Waals surface area contributed by atoms with Crippen LogP contribution < -0.4 is 0 Å². The SMILES string of the molecule is c1ccc(-c2ccc(-c3nc(-n4c5cccc6c7ccn(-c8ccccc8)c7c7cccc4c7c65)nc4ccccc34)cc2)cc1. The minimum atomic E-state index is 0.674. The summed E-state index contributed by atoms with van der Waals surface area (Å²) in [5.74, 6) is 0.674. The number of hydrogen-bond donors (Lipinski definition) is 0. The number of para-hydroxylation sites is 2. The standard InChI is InChI=1S/C42H26N4/c1-3-11-27(12-4-1)28-21-23-29(24-22-28)40-33-15-7-8-18-35(33)43-42(44-40)46-36-19-9-16-31-32-25-26-45(30-13-5-2-6-14-30)41(32)34-17-10-20-37(46)39(34)38(31)36/h1-26H. The van der Waals surface area contributed by atoms with Crippen LogP contribution in [0.1, 0.15) is 0 Å². The molecule has 3 aromatic heterocycles. The van der Waals surface area contributed by atoms with E-state index in [0.717, 1.165) is 38.9 Å². The Morgan fingerprint density at radius 2 is 1.02 bits per heavy atom. The molecule has 0 aliphatic heterocycles. The van der Waals surface area contributed by atoms with Crippen molar-refractivity contribution in [3.8, 4) is 34.0 Å². The van der Waals surface area contributed by atoms with E-state index in [1.807, 2.05) is 6.07 Å². The lowest BCUT2D eigenvalue weighted by atomic mass is 9.98. The molecule has 214 valence electrons. The molecule has 0 spiro atoms. The predicted molar refractivity (Wildman–Crippen MR) is 190 cm³/mol. The van der Waals surface area contributed by atoms with E-state index < -0.39 is 0 Å². The van der Waals surface area contributed by atoms with Crippen molar-refractivity contribution in [2.24, 2.45) is 0 Å². The minimum absolute atomic E-state index is 0.674. The molecule has 7 aromatic carbocycles. The molecule has 0 saturated carbocycles. The zero-order chi connectivity index (χ0) is 30.2. The molecule has 10 aromatic rings. The van der Waals surface area contributed by atoms with Crippen LogP contribution >= 0.6 is 0 Å². The molecule has 46 heavy (non-hydrogen) atoms. The average molecular weight is 587 g/mol. The fourth-order valence-electron chi connectivity index (χ4n) is 7.31. The van der Waals surface area contributed by atoms with Crippen LogP contribution in [0.5, 0.6) is 0 Å². The maximum Gasteiger partial charge on any atom is 0.235 e. The molecule has 4 heteroatoms. The third-order valence-electron chi connectivity index (χ3n) is 9.34. The van der Waals surface area contributed by atoms with Crippen LogP contribution in [0.3, 0.4) is 0 Å². The Balaban J connectivity index is 1.25. The van der Waals surface area contributed by atoms with Gasteiger partial charge in [0, 0.05) is 44.4 Å². The van der Waals surface area contributed by atoms with Crippen molar-refractivity contribution in [2.45, 2.75) is 0 Å². The topological polar surface area (TPSA) is 35.6 Å². The first-order valence-electron chi connectivity index (χ1n) is 15.6. The van der Waals surface area contributed by atoms with Crippen molar-refractivity contribution in [2.75, 3.05) is 0 Å². The van der Waals surface area contributed by atoms with Gasteiger partial charge < -0.3 is 4.57 Å². The lowest BCUT2D eigenvalue weighted by Crippen LogP contribution is -2.03. The van der Waals surface area contributed by atoms with Crippen LogP contribution in [0.25, 0.3) is 88.4 Å². The van der Waals surface area contributed by atoms with E-state index in [0.29, 0.717) is 5.95 Å². The number of benzene rings is 7. The Morgan fingerprint density at radius 3 is 1.80 bits per heavy atom. The normalized spacial score (nSPS) is 11.9. The second-order valence-electron chi connectivity index (χ2n) is 11.9. The lowest BCUT2D eigenvalue weighted by molar-refractivity contribution is 1.01. The molecule has 0 atom stereocenters. The molecule has 0 amide bonds. The highest BCUT2D eigenvalue weighted by Gasteiger charge is 2.23. The molecule has 3 heterocycles. The monoisotopic (exact) mass is 586 g/mol. The summed E-state index contributed by atoms with van der Waals surface area (Å²) in [6.07, 6.45) is 2.19. The van der Waals surface area contributed by atoms with Crippen molar-refractivity contribution >= 4 is 54.4 Å². The van der Waals surface area contributed by atoms with Gasteiger partial charge in [-0.3, -0.25) is 4.57 Å². The Bertz CT molecular complexity index is 2720. The van der Waals surface area contributed by atoms with E-state index in [-0.39, 0.29) is 0 Å². The predicted octanol–water partition coefficient (Wildman–Crippen LogP) is 10.6. The lowest BCUT2D eigenvalue weighted by Gasteiger charge is -2.12. The zero-order valence-corrected chi connectivity index (χ0v) is 24.8. The highest BCUT2D eigenvalue weighted by atomic mass is 15.2. The van der Waals surface area contributed by atoms with Crippen molar-refractivity contribution in [1.29, 1.82) is 0 Å². The summed E-state index contributed by atoms with van der Waals surface area (Å²) in [6, 6.07) is 53.6. The second kappa shape index (κ2) is 9.62. The van der Waals surface area contributed by atoms with Crippen LogP contribution in [0.4, 0.5) is 0 Å². The molecular weight excluding hydrogens is 560 g/mol. The molecule has 4 nitrogen and oxygen atoms in total. The molecule has 0 bridgehead atoms. The molecular formula is C42H26N4. The van der Waals surface area contributed by atoms with E-state index in [1.165, 1.54) is 43.6 Å². The first-order valence-corrected chi connectivity index (χ1v) is 15.6. The molecule has 0 saturated heterocycles. The van der Waals surface area contributed by atoms with Gasteiger partial charge in [0.25, 0.3) is 0 Å². The van der Waals surface area contributed by atoms with Crippen LogP contribution in [0.2, 0.25) is 0 Å². The van der Waals surface area contributed by atoms with E-state index >= 15 is 0 Å². The van der Waals surface area contributed by atoms with Gasteiger partial charge in [0.2, 0.25) is 5.95 Å². The first-order chi connectivity index (χ1) is 22.8. The smallest absolute Gasteiger partial charge is 0.235 e. The summed E-state index contributed by atoms with van der Waals surface area (Å²) in [7, 11) is 0. The van der Waals surface area contributed by atoms with Crippen LogP contribution in [-0.2, 0) is 0 Å². The number of rotatable bonds is 4. The van der Waals surface area contributed by atoms with E-state index in [2.05, 4.69) is 161 Å². The van der Waals surface area contributed by atoms with E-state index in [4.69, 9.17) is 9.97 Å². The Kier molecular flexibility index (Phi) is 5.25. The zero-order valence-electron chi connectivity index (χ0n) is 24.8. The molecule has 0 N–H and O–H groups in total. The highest BCUT2D eigenvalue weighted by molar-refractivity contribution is 6.34. The van der Waals surface area contributed by atoms with E-state index in [9.17, 15) is 0 Å². The van der Waals surface area contributed by atoms with Gasteiger partial charge in [0.1, 0.15) is 0 Å². The van der Waals surface area contributed by atoms with Gasteiger partial charge in [0.15, 0.2) is 0 Å². The summed E-state index contributed by atoms with van der Waals surface area (Å²) in [4.78, 5) is 10.5. The van der Waals surface area contributed by atoms with Gasteiger partial charge in [-0.25, -0.2) is 9.97 Å². The van der Waals surface area contributed by atoms with Gasteiger partial charge in [-0.15, -0.1) is 0 Å². The summed E-state index contributed by atoms with van der Waals surface area (Å²) < 4.78 is 4.57. The third kappa shape index (κ3) is 3.55. The number of fused-ring (bicyclic) bond motifs is 4. The molecule has 0 aliphatic carbocycles. The number of nitrogens with zero attached hydrogens (tertiary/aromatic N) is 4. The van der Waals surface area contributed by atoms with Crippen LogP contribution in [-0.4, -0.2) is 19.1 Å². The second-order valence-corrected chi connectivity index (χ2v) is 11.9. The van der Waals surface area contributed by atoms with Crippen molar-refractivity contribution in [3.05, 3.63) is 158 Å². The van der Waals surface area contributed by atoms with Crippen molar-refractivity contribution in [1.82, 2.24) is 19.1 Å². The number of aromatic nitrogens is 4. The van der Waals surface area contributed by atoms with Crippen molar-refractivity contribution in [3.63, 3.8) is 0 Å². The van der Waals surface area contributed by atoms with Gasteiger partial charge in [-0.1, -0.05) is 115 Å². The highest BCUT2D eigenvalue weighted by Crippen LogP contribution is 2.44. The Hall–Kier alpha value is -6.26. The molecule has 0 unspecified atom stereocenters. The first kappa shape index (κ1) is 25.1. The summed E-state index contributed by atoms with van der Waals surface area (Å²) in [5, 5.41) is 7.22. The maximum absolute atomic E-state index is 5.34. The largest absolute Gasteiger partial charge is 0.316 e. The maximum atomic E-state index is 5.34. The van der Waals surface area contributed by atoms with Gasteiger partial charge in [-0.2, -0.15) is 0 Å². The molecule has 0 aliphatic rings. The van der Waals surface area contributed by atoms with E-state index in [1.54, 1.807) is 0 Å². The average Bonchev–Trinajstić information content (AvgIpc) is 3.73. The number of hydrogen-bond acceptors (Lipinski definition) is 2. The van der Waals surface area contributed by atoms with Gasteiger partial charge in [0.05, 0.1) is 27.8 Å². The fourth-order valence-corrected chi connectivity index (χ4v) is 7.31. The summed E-state index contributed by atoms with van der Waals surface area (Å²) in [5.41, 5.74) is 9.88. The molecule has 10 rings (SSSR count). The van der Waals surface area contributed by atoms with Crippen LogP contribution in [0.15, 0.2) is 158 Å². The van der Waals surface area contributed by atoms with Gasteiger partial charge in [-0.05, 0) is 52.9 Å². The fraction of sp³-hybridized carbons (Fsp3) is 0. The molecule has 0 radical (unpaired) electrons. The van der Waals surface area contributed by atoms with Gasteiger partial charge >= 0.3 is 0 Å². The molecule has 0 fully saturated rings. The third-order valence-corrected chi connectivity index (χ3v) is 9.34. The summed E-state index contributed by atoms with van der Waals surface area (Å²) in [6.45, 7) is 0. The van der Waals surface area contributed by atoms with Crippen molar-refractivity contribution < 1.29 is 0 Å². The quantitative estimate of drug-likeness (QED) is 0.192.